The van der Waals surface area contributed by atoms with Gasteiger partial charge in [-0.05, 0) is 29.3 Å². The molecular formula is C26H28N2O6S2. The van der Waals surface area contributed by atoms with Crippen LogP contribution in [0.4, 0.5) is 5.69 Å². The van der Waals surface area contributed by atoms with E-state index in [2.05, 4.69) is 10.6 Å². The maximum absolute atomic E-state index is 13.4. The van der Waals surface area contributed by atoms with Gasteiger partial charge in [0.15, 0.2) is 32.9 Å². The molecule has 2 N–H and O–H groups in total. The Kier molecular flexibility index (Phi) is 8.07. The molecule has 190 valence electrons. The molecule has 1 aliphatic rings. The molecule has 36 heavy (non-hydrogen) atoms. The first-order valence-corrected chi connectivity index (χ1v) is 13.9. The van der Waals surface area contributed by atoms with Crippen LogP contribution in [0.1, 0.15) is 24.2 Å². The zero-order valence-corrected chi connectivity index (χ0v) is 21.8. The van der Waals surface area contributed by atoms with E-state index in [0.29, 0.717) is 17.1 Å². The lowest BCUT2D eigenvalue weighted by Gasteiger charge is -2.21. The molecule has 1 heterocycles. The molecule has 10 heteroatoms. The molecule has 0 aromatic heterocycles. The van der Waals surface area contributed by atoms with Crippen LogP contribution in [0.3, 0.4) is 0 Å². The summed E-state index contributed by atoms with van der Waals surface area (Å²) in [5.74, 6) is 0.835. The molecule has 1 aliphatic heterocycles. The smallest absolute Gasteiger partial charge is 0.256 e. The van der Waals surface area contributed by atoms with Crippen molar-refractivity contribution in [3.63, 3.8) is 0 Å². The number of amides is 1. The maximum Gasteiger partial charge on any atom is 0.256 e. The summed E-state index contributed by atoms with van der Waals surface area (Å²) >= 11 is 1.44. The molecule has 1 amide bonds. The largest absolute Gasteiger partial charge is 0.493 e. The van der Waals surface area contributed by atoms with E-state index >= 15 is 0 Å². The van der Waals surface area contributed by atoms with Gasteiger partial charge in [0, 0.05) is 11.0 Å². The third kappa shape index (κ3) is 5.77. The van der Waals surface area contributed by atoms with Crippen molar-refractivity contribution in [1.29, 1.82) is 0 Å². The fraction of sp³-hybridized carbons (Fsp3) is 0.269. The van der Waals surface area contributed by atoms with Crippen molar-refractivity contribution in [2.24, 2.45) is 0 Å². The van der Waals surface area contributed by atoms with Crippen molar-refractivity contribution < 1.29 is 27.4 Å². The Morgan fingerprint density at radius 1 is 1.03 bits per heavy atom. The number of carbonyl (C=O) groups excluding carboxylic acids is 1. The number of anilines is 1. The van der Waals surface area contributed by atoms with Gasteiger partial charge < -0.3 is 24.8 Å². The maximum atomic E-state index is 13.4. The fourth-order valence-electron chi connectivity index (χ4n) is 3.73. The normalized spacial score (nSPS) is 15.5. The third-order valence-corrected chi connectivity index (χ3v) is 8.52. The van der Waals surface area contributed by atoms with Gasteiger partial charge in [0.05, 0.1) is 37.2 Å². The number of rotatable bonds is 10. The Hall–Kier alpha value is -3.21. The number of ether oxygens (including phenoxy) is 3. The minimum absolute atomic E-state index is 0.00146. The van der Waals surface area contributed by atoms with Crippen LogP contribution in [0.15, 0.2) is 76.5 Å². The number of hydrogen-bond donors (Lipinski definition) is 2. The second kappa shape index (κ2) is 11.2. The molecule has 0 spiro atoms. The summed E-state index contributed by atoms with van der Waals surface area (Å²) in [5.41, 5.74) is 1.86. The predicted octanol–water partition coefficient (Wildman–Crippen LogP) is 4.37. The summed E-state index contributed by atoms with van der Waals surface area (Å²) in [6.45, 7) is 1.81. The highest BCUT2D eigenvalue weighted by Crippen LogP contribution is 2.44. The standard InChI is InChI=1S/C26H28N2O6S2/c1-4-36(30,31)19-12-10-18(11-13-19)24(34-16-17-8-6-5-7-9-17)25(29)28-26-27-20-14-21(32-2)22(33-3)15-23(20)35-26/h5-15,24,26-27H,4,16H2,1-3H3,(H,28,29). The number of fused-ring (bicyclic) bond motifs is 1. The SMILES string of the molecule is CCS(=O)(=O)c1ccc(C(OCc2ccccc2)C(=O)NC2Nc3cc(OC)c(OC)cc3S2)cc1. The Morgan fingerprint density at radius 2 is 1.69 bits per heavy atom. The summed E-state index contributed by atoms with van der Waals surface area (Å²) in [6.07, 6.45) is -0.946. The summed E-state index contributed by atoms with van der Waals surface area (Å²) in [5, 5.41) is 6.25. The van der Waals surface area contributed by atoms with Crippen LogP contribution in [0, 0.1) is 0 Å². The lowest BCUT2D eigenvalue weighted by molar-refractivity contribution is -0.134. The molecule has 0 saturated carbocycles. The molecule has 0 saturated heterocycles. The minimum Gasteiger partial charge on any atom is -0.493 e. The second-order valence-corrected chi connectivity index (χ2v) is 11.4. The van der Waals surface area contributed by atoms with Gasteiger partial charge in [0.2, 0.25) is 0 Å². The first kappa shape index (κ1) is 25.9. The third-order valence-electron chi connectivity index (χ3n) is 5.71. The summed E-state index contributed by atoms with van der Waals surface area (Å²) in [4.78, 5) is 14.5. The van der Waals surface area contributed by atoms with Gasteiger partial charge in [-0.2, -0.15) is 0 Å². The van der Waals surface area contributed by atoms with E-state index in [1.165, 1.54) is 23.9 Å². The highest BCUT2D eigenvalue weighted by atomic mass is 32.2. The fourth-order valence-corrected chi connectivity index (χ4v) is 5.65. The lowest BCUT2D eigenvalue weighted by Crippen LogP contribution is -2.39. The average Bonchev–Trinajstić information content (AvgIpc) is 3.29. The van der Waals surface area contributed by atoms with Crippen molar-refractivity contribution in [3.05, 3.63) is 77.9 Å². The quantitative estimate of drug-likeness (QED) is 0.400. The summed E-state index contributed by atoms with van der Waals surface area (Å²) in [6, 6.07) is 19.5. The van der Waals surface area contributed by atoms with Crippen molar-refractivity contribution >= 4 is 33.2 Å². The van der Waals surface area contributed by atoms with Crippen LogP contribution in [-0.2, 0) is 26.0 Å². The lowest BCUT2D eigenvalue weighted by atomic mass is 10.1. The van der Waals surface area contributed by atoms with Gasteiger partial charge in [0.25, 0.3) is 5.91 Å². The highest BCUT2D eigenvalue weighted by molar-refractivity contribution is 8.00. The number of sulfone groups is 1. The molecule has 0 aliphatic carbocycles. The monoisotopic (exact) mass is 528 g/mol. The van der Waals surface area contributed by atoms with Crippen LogP contribution in [0.25, 0.3) is 0 Å². The number of methoxy groups -OCH3 is 2. The van der Waals surface area contributed by atoms with Crippen LogP contribution in [0.2, 0.25) is 0 Å². The van der Waals surface area contributed by atoms with Crippen molar-refractivity contribution in [2.75, 3.05) is 25.3 Å². The molecule has 2 unspecified atom stereocenters. The molecule has 0 radical (unpaired) electrons. The Labute approximate surface area is 215 Å². The molecular weight excluding hydrogens is 500 g/mol. The average molecular weight is 529 g/mol. The molecule has 3 aromatic carbocycles. The van der Waals surface area contributed by atoms with E-state index in [1.54, 1.807) is 33.3 Å². The van der Waals surface area contributed by atoms with E-state index in [9.17, 15) is 13.2 Å². The molecule has 0 bridgehead atoms. The van der Waals surface area contributed by atoms with Gasteiger partial charge in [-0.15, -0.1) is 0 Å². The zero-order valence-electron chi connectivity index (χ0n) is 20.2. The van der Waals surface area contributed by atoms with Gasteiger partial charge in [-0.3, -0.25) is 4.79 Å². The van der Waals surface area contributed by atoms with Crippen LogP contribution in [-0.4, -0.2) is 39.8 Å². The van der Waals surface area contributed by atoms with Gasteiger partial charge in [-0.25, -0.2) is 8.42 Å². The van der Waals surface area contributed by atoms with Crippen molar-refractivity contribution in [2.45, 2.75) is 34.9 Å². The van der Waals surface area contributed by atoms with Crippen LogP contribution < -0.4 is 20.1 Å². The summed E-state index contributed by atoms with van der Waals surface area (Å²) in [7, 11) is -0.214. The van der Waals surface area contributed by atoms with Gasteiger partial charge in [-0.1, -0.05) is 61.2 Å². The van der Waals surface area contributed by atoms with Gasteiger partial charge >= 0.3 is 0 Å². The van der Waals surface area contributed by atoms with Crippen LogP contribution >= 0.6 is 11.8 Å². The number of benzene rings is 3. The Morgan fingerprint density at radius 3 is 2.33 bits per heavy atom. The van der Waals surface area contributed by atoms with E-state index in [-0.39, 0.29) is 23.2 Å². The Balaban J connectivity index is 1.53. The molecule has 0 fully saturated rings. The van der Waals surface area contributed by atoms with Crippen LogP contribution in [0.5, 0.6) is 11.5 Å². The Bertz CT molecular complexity index is 1280. The number of thioether (sulfide) groups is 1. The molecule has 4 rings (SSSR count). The van der Waals surface area contributed by atoms with E-state index < -0.39 is 21.4 Å². The zero-order chi connectivity index (χ0) is 25.7. The number of hydrogen-bond acceptors (Lipinski definition) is 8. The van der Waals surface area contributed by atoms with Gasteiger partial charge in [0.1, 0.15) is 0 Å². The van der Waals surface area contributed by atoms with E-state index in [0.717, 1.165) is 16.1 Å². The van der Waals surface area contributed by atoms with Crippen molar-refractivity contribution in [1.82, 2.24) is 5.32 Å². The minimum atomic E-state index is -3.35. The number of carbonyl (C=O) groups is 1. The van der Waals surface area contributed by atoms with E-state index in [4.69, 9.17) is 14.2 Å². The second-order valence-electron chi connectivity index (χ2n) is 8.00. The number of nitrogens with one attached hydrogen (secondary N) is 2. The van der Waals surface area contributed by atoms with E-state index in [1.807, 2.05) is 42.5 Å². The molecule has 3 aromatic rings. The first-order chi connectivity index (χ1) is 17.3. The predicted molar refractivity (Wildman–Crippen MR) is 139 cm³/mol. The topological polar surface area (TPSA) is 103 Å². The summed E-state index contributed by atoms with van der Waals surface area (Å²) < 4.78 is 41.2. The molecule has 2 atom stereocenters. The van der Waals surface area contributed by atoms with Crippen molar-refractivity contribution in [3.8, 4) is 11.5 Å². The first-order valence-electron chi connectivity index (χ1n) is 11.3. The molecule has 8 nitrogen and oxygen atoms in total. The highest BCUT2D eigenvalue weighted by Gasteiger charge is 2.29.